The summed E-state index contributed by atoms with van der Waals surface area (Å²) < 4.78 is 38.6. The van der Waals surface area contributed by atoms with Gasteiger partial charge in [0, 0.05) is 31.4 Å². The van der Waals surface area contributed by atoms with Crippen molar-refractivity contribution in [2.45, 2.75) is 37.9 Å². The Balaban J connectivity index is 1.10. The molecule has 6 rings (SSSR count). The summed E-state index contributed by atoms with van der Waals surface area (Å²) in [5.74, 6) is -0.332. The topological polar surface area (TPSA) is 52.7 Å². The Morgan fingerprint density at radius 1 is 0.780 bits per heavy atom. The van der Waals surface area contributed by atoms with Gasteiger partial charge in [0.1, 0.15) is 0 Å². The van der Waals surface area contributed by atoms with Crippen LogP contribution in [0.3, 0.4) is 0 Å². The van der Waals surface area contributed by atoms with Gasteiger partial charge in [-0.05, 0) is 84.1 Å². The van der Waals surface area contributed by atoms with Crippen LogP contribution < -0.4 is 5.32 Å². The number of hydrogen-bond acceptors (Lipinski definition) is 3. The molecule has 2 fully saturated rings. The first-order valence-electron chi connectivity index (χ1n) is 14.2. The smallest absolute Gasteiger partial charge is 0.338 e. The van der Waals surface area contributed by atoms with Gasteiger partial charge in [0.15, 0.2) is 0 Å². The van der Waals surface area contributed by atoms with Gasteiger partial charge in [0.2, 0.25) is 5.91 Å². The maximum atomic E-state index is 13.9. The van der Waals surface area contributed by atoms with Crippen LogP contribution in [0.25, 0.3) is 21.5 Å². The number of benzene rings is 4. The van der Waals surface area contributed by atoms with E-state index in [9.17, 15) is 22.8 Å². The zero-order valence-corrected chi connectivity index (χ0v) is 22.7. The summed E-state index contributed by atoms with van der Waals surface area (Å²) in [6.45, 7) is 2.82. The molecule has 4 aromatic rings. The minimum Gasteiger partial charge on any atom is -0.338 e. The van der Waals surface area contributed by atoms with Gasteiger partial charge in [-0.15, -0.1) is 0 Å². The van der Waals surface area contributed by atoms with E-state index >= 15 is 0 Å². The van der Waals surface area contributed by atoms with Crippen LogP contribution in [-0.4, -0.2) is 53.8 Å². The first-order valence-corrected chi connectivity index (χ1v) is 14.2. The van der Waals surface area contributed by atoms with Crippen molar-refractivity contribution in [3.05, 3.63) is 90.0 Å². The normalized spacial score (nSPS) is 19.0. The van der Waals surface area contributed by atoms with Crippen molar-refractivity contribution in [3.63, 3.8) is 0 Å². The quantitative estimate of drug-likeness (QED) is 0.275. The molecular formula is C33H32F3N3O2. The molecule has 2 aliphatic rings. The first kappa shape index (κ1) is 27.3. The van der Waals surface area contributed by atoms with Gasteiger partial charge < -0.3 is 10.2 Å². The highest BCUT2D eigenvalue weighted by atomic mass is 19.4. The lowest BCUT2D eigenvalue weighted by atomic mass is 9.92. The Morgan fingerprint density at radius 3 is 2.00 bits per heavy atom. The average molecular weight is 560 g/mol. The molecule has 8 heteroatoms. The number of likely N-dealkylation sites (tertiary alicyclic amines) is 2. The predicted molar refractivity (Wildman–Crippen MR) is 155 cm³/mol. The molecule has 4 aromatic carbocycles. The molecule has 1 N–H and O–H groups in total. The SMILES string of the molecule is O=C(Nc1ccc(C(F)(F)F)cc1)C1CCCN(C2CCN(C(=O)c3c4ccccc4cc4ccccc34)CC2)C1. The van der Waals surface area contributed by atoms with Crippen LogP contribution in [0, 0.1) is 5.92 Å². The number of hydrogen-bond donors (Lipinski definition) is 1. The summed E-state index contributed by atoms with van der Waals surface area (Å²) >= 11 is 0. The number of fused-ring (bicyclic) bond motifs is 2. The Hall–Kier alpha value is -3.91. The maximum absolute atomic E-state index is 13.9. The van der Waals surface area contributed by atoms with E-state index in [0.29, 0.717) is 25.3 Å². The number of carbonyl (C=O) groups excluding carboxylic acids is 2. The highest BCUT2D eigenvalue weighted by Gasteiger charge is 2.34. The lowest BCUT2D eigenvalue weighted by Crippen LogP contribution is -2.51. The lowest BCUT2D eigenvalue weighted by molar-refractivity contribution is -0.137. The predicted octanol–water partition coefficient (Wildman–Crippen LogP) is 6.97. The van der Waals surface area contributed by atoms with E-state index in [0.717, 1.165) is 71.5 Å². The van der Waals surface area contributed by atoms with E-state index in [1.807, 2.05) is 53.4 Å². The number of piperidine rings is 2. The molecule has 0 saturated carbocycles. The van der Waals surface area contributed by atoms with Crippen LogP contribution in [0.2, 0.25) is 0 Å². The van der Waals surface area contributed by atoms with Crippen LogP contribution in [0.15, 0.2) is 78.9 Å². The third-order valence-electron chi connectivity index (χ3n) is 8.56. The summed E-state index contributed by atoms with van der Waals surface area (Å²) in [6, 6.07) is 23.0. The number of halogens is 3. The molecule has 0 bridgehead atoms. The van der Waals surface area contributed by atoms with Gasteiger partial charge in [-0.25, -0.2) is 0 Å². The molecule has 0 aliphatic carbocycles. The summed E-state index contributed by atoms with van der Waals surface area (Å²) in [6.07, 6.45) is -1.11. The summed E-state index contributed by atoms with van der Waals surface area (Å²) in [5.41, 5.74) is 0.390. The molecule has 0 aromatic heterocycles. The number of amides is 2. The Kier molecular flexibility index (Phi) is 7.43. The Morgan fingerprint density at radius 2 is 1.39 bits per heavy atom. The van der Waals surface area contributed by atoms with E-state index in [-0.39, 0.29) is 23.8 Å². The third-order valence-corrected chi connectivity index (χ3v) is 8.56. The first-order chi connectivity index (χ1) is 19.8. The average Bonchev–Trinajstić information content (AvgIpc) is 2.99. The summed E-state index contributed by atoms with van der Waals surface area (Å²) in [5, 5.41) is 6.84. The maximum Gasteiger partial charge on any atom is 0.416 e. The van der Waals surface area contributed by atoms with Crippen LogP contribution in [0.1, 0.15) is 41.6 Å². The second-order valence-corrected chi connectivity index (χ2v) is 11.1. The van der Waals surface area contributed by atoms with E-state index in [4.69, 9.17) is 0 Å². The van der Waals surface area contributed by atoms with Crippen LogP contribution >= 0.6 is 0 Å². The van der Waals surface area contributed by atoms with Gasteiger partial charge >= 0.3 is 6.18 Å². The number of anilines is 1. The molecule has 0 spiro atoms. The largest absolute Gasteiger partial charge is 0.416 e. The van der Waals surface area contributed by atoms with Crippen molar-refractivity contribution in [3.8, 4) is 0 Å². The number of rotatable bonds is 4. The third kappa shape index (κ3) is 5.66. The number of nitrogens with one attached hydrogen (secondary N) is 1. The Bertz CT molecular complexity index is 1520. The summed E-state index contributed by atoms with van der Waals surface area (Å²) in [4.78, 5) is 31.2. The van der Waals surface area contributed by atoms with Crippen molar-refractivity contribution >= 4 is 39.0 Å². The number of alkyl halides is 3. The van der Waals surface area contributed by atoms with Gasteiger partial charge in [-0.3, -0.25) is 14.5 Å². The van der Waals surface area contributed by atoms with Crippen molar-refractivity contribution in [2.24, 2.45) is 5.92 Å². The monoisotopic (exact) mass is 559 g/mol. The highest BCUT2D eigenvalue weighted by molar-refractivity contribution is 6.18. The standard InChI is InChI=1S/C33H32F3N3O2/c34-33(35,36)25-11-13-26(14-12-25)37-31(40)24-8-5-17-39(21-24)27-15-18-38(19-16-27)32(41)30-28-9-3-1-6-22(28)20-23-7-2-4-10-29(23)30/h1-4,6-7,9-14,20,24,27H,5,8,15-19,21H2,(H,37,40). The van der Waals surface area contributed by atoms with Crippen molar-refractivity contribution < 1.29 is 22.8 Å². The zero-order valence-electron chi connectivity index (χ0n) is 22.7. The molecule has 2 saturated heterocycles. The lowest BCUT2D eigenvalue weighted by Gasteiger charge is -2.42. The minimum absolute atomic E-state index is 0.0592. The molecular weight excluding hydrogens is 527 g/mol. The molecule has 212 valence electrons. The second kappa shape index (κ2) is 11.2. The van der Waals surface area contributed by atoms with Crippen molar-refractivity contribution in [1.82, 2.24) is 9.80 Å². The second-order valence-electron chi connectivity index (χ2n) is 11.1. The fraction of sp³-hybridized carbons (Fsp3) is 0.333. The van der Waals surface area contributed by atoms with E-state index in [1.165, 1.54) is 12.1 Å². The number of carbonyl (C=O) groups is 2. The van der Waals surface area contributed by atoms with E-state index in [2.05, 4.69) is 16.3 Å². The van der Waals surface area contributed by atoms with Gasteiger partial charge in [0.05, 0.1) is 17.0 Å². The van der Waals surface area contributed by atoms with Crippen LogP contribution in [-0.2, 0) is 11.0 Å². The highest BCUT2D eigenvalue weighted by Crippen LogP contribution is 2.32. The van der Waals surface area contributed by atoms with Crippen molar-refractivity contribution in [2.75, 3.05) is 31.5 Å². The van der Waals surface area contributed by atoms with E-state index < -0.39 is 11.7 Å². The Labute approximate surface area is 236 Å². The van der Waals surface area contributed by atoms with Crippen LogP contribution in [0.4, 0.5) is 18.9 Å². The minimum atomic E-state index is -4.41. The van der Waals surface area contributed by atoms with Gasteiger partial charge in [0.25, 0.3) is 5.91 Å². The summed E-state index contributed by atoms with van der Waals surface area (Å²) in [7, 11) is 0. The molecule has 2 aliphatic heterocycles. The van der Waals surface area contributed by atoms with Crippen molar-refractivity contribution in [1.29, 1.82) is 0 Å². The zero-order chi connectivity index (χ0) is 28.6. The van der Waals surface area contributed by atoms with Gasteiger partial charge in [-0.1, -0.05) is 48.5 Å². The molecule has 2 heterocycles. The number of nitrogens with zero attached hydrogens (tertiary/aromatic N) is 2. The molecule has 1 atom stereocenters. The molecule has 41 heavy (non-hydrogen) atoms. The van der Waals surface area contributed by atoms with E-state index in [1.54, 1.807) is 0 Å². The fourth-order valence-electron chi connectivity index (χ4n) is 6.38. The van der Waals surface area contributed by atoms with Crippen LogP contribution in [0.5, 0.6) is 0 Å². The molecule has 1 unspecified atom stereocenters. The molecule has 2 amide bonds. The molecule has 0 radical (unpaired) electrons. The fourth-order valence-corrected chi connectivity index (χ4v) is 6.38. The molecule has 5 nitrogen and oxygen atoms in total. The van der Waals surface area contributed by atoms with Gasteiger partial charge in [-0.2, -0.15) is 13.2 Å².